The molecule has 0 N–H and O–H groups in total. The number of pyridine rings is 1. The van der Waals surface area contributed by atoms with Crippen LogP contribution in [0.1, 0.15) is 87.4 Å². The molecule has 642 valence electrons. The van der Waals surface area contributed by atoms with Gasteiger partial charge in [0.25, 0.3) is 29.5 Å². The molecule has 6 heterocycles. The number of aromatic nitrogens is 11. The van der Waals surface area contributed by atoms with E-state index in [1.54, 1.807) is 85.2 Å². The van der Waals surface area contributed by atoms with Crippen molar-refractivity contribution in [3.63, 3.8) is 0 Å². The van der Waals surface area contributed by atoms with E-state index in [0.717, 1.165) is 91.0 Å². The highest BCUT2D eigenvalue weighted by molar-refractivity contribution is 5.88. The minimum absolute atomic E-state index is 0.0390. The molecule has 0 aliphatic heterocycles. The van der Waals surface area contributed by atoms with Gasteiger partial charge in [0.15, 0.2) is 23.0 Å². The van der Waals surface area contributed by atoms with Crippen molar-refractivity contribution < 1.29 is 72.7 Å². The maximum Gasteiger partial charge on any atom is 0.416 e. The molecule has 6 aromatic heterocycles. The smallest absolute Gasteiger partial charge is 0.416 e. The average Bonchev–Trinajstić information content (AvgIpc) is 1.50. The highest BCUT2D eigenvalue weighted by Gasteiger charge is 2.34. The van der Waals surface area contributed by atoms with Gasteiger partial charge >= 0.3 is 12.4 Å². The molecule has 0 radical (unpaired) electrons. The van der Waals surface area contributed by atoms with Crippen LogP contribution in [0, 0.1) is 13.8 Å². The fourth-order valence-electron chi connectivity index (χ4n) is 13.5. The van der Waals surface area contributed by atoms with Crippen molar-refractivity contribution in [1.82, 2.24) is 55.7 Å². The van der Waals surface area contributed by atoms with E-state index in [1.165, 1.54) is 5.56 Å². The molecule has 18 rings (SSSR count). The second kappa shape index (κ2) is 39.9. The molecule has 1 aliphatic carbocycles. The van der Waals surface area contributed by atoms with E-state index < -0.39 is 23.5 Å². The molecule has 0 bridgehead atoms. The van der Waals surface area contributed by atoms with Gasteiger partial charge in [0.2, 0.25) is 29.1 Å². The quantitative estimate of drug-likeness (QED) is 0.0642. The van der Waals surface area contributed by atoms with Gasteiger partial charge in [-0.2, -0.15) is 51.3 Å². The minimum Gasteiger partial charge on any atom is -0.490 e. The lowest BCUT2D eigenvalue weighted by Gasteiger charge is -2.19. The third kappa shape index (κ3) is 22.2. The average molecular weight is 1710 g/mol. The number of ketones is 1. The van der Waals surface area contributed by atoms with E-state index >= 15 is 0 Å². The number of Topliss-reactive ketones (excluding diaryl/α,β-unsaturated/α-hetero) is 1. The highest BCUT2D eigenvalue weighted by Crippen LogP contribution is 2.42. The van der Waals surface area contributed by atoms with Crippen LogP contribution in [-0.2, 0) is 35.4 Å². The number of nitrogens with zero attached hydrogens (tertiary/aromatic N) is 11. The summed E-state index contributed by atoms with van der Waals surface area (Å²) in [5.41, 5.74) is 13.3. The van der Waals surface area contributed by atoms with E-state index in [-0.39, 0.29) is 34.1 Å². The van der Waals surface area contributed by atoms with Crippen molar-refractivity contribution in [2.24, 2.45) is 0 Å². The first kappa shape index (κ1) is 88.0. The van der Waals surface area contributed by atoms with Crippen molar-refractivity contribution >= 4 is 5.78 Å². The molecule has 0 atom stereocenters. The molecular weight excluding hydrogens is 1630 g/mol. The number of halogens is 6. The van der Waals surface area contributed by atoms with Crippen LogP contribution in [0.4, 0.5) is 26.3 Å². The predicted molar refractivity (Wildman–Crippen MR) is 470 cm³/mol. The van der Waals surface area contributed by atoms with Crippen LogP contribution in [0.15, 0.2) is 302 Å². The summed E-state index contributed by atoms with van der Waals surface area (Å²) in [4.78, 5) is 37.7. The van der Waals surface area contributed by atoms with Crippen molar-refractivity contribution in [2.45, 2.75) is 92.9 Å². The standard InChI is InChI=1S/C22H15F3N2O.C21H13F3N2O.C21H20N2O4.C19H20N2O3.C17H17N3O/c1-14-7-5-6-10-19(14)20-26-21(28-27-20)17-11-16(15-8-3-2-4-9-15)12-18(13-17)22(23,24)25;22-21(23,24)18-12-16(14-7-3-1-4-8-14)11-17(13-18)20-25-19(26-27-20)15-9-5-2-6-10-15;1-3-25-18-8-7-15(12-19(18)26-4-2)21-22-20(23-27-21)14-6-5-13-10-17(24)11-16(13)9-14;1-4-22-16-11-10-14(12-17(16)23-5-2)19-20-18(21-24-19)15-9-7-6-8-13(15)3;1-17(2,3)14-6-4-5-13(11-14)16-19-15(20-21-16)12-7-9-18-10-8-12/h2-13H,1H3;1-13H;5-9,12H,3-4,10-11H2,1-2H3;6-12H,4-5H2,1-3H3;4-11H,1-3H3. The molecule has 1 aliphatic rings. The van der Waals surface area contributed by atoms with Crippen LogP contribution < -0.4 is 18.9 Å². The van der Waals surface area contributed by atoms with Gasteiger partial charge in [-0.25, -0.2) is 0 Å². The number of hydrogen-bond acceptors (Lipinski definition) is 21. The molecule has 0 spiro atoms. The van der Waals surface area contributed by atoms with E-state index in [1.807, 2.05) is 199 Å². The van der Waals surface area contributed by atoms with Crippen LogP contribution in [0.2, 0.25) is 0 Å². The number of alkyl halides is 6. The maximum atomic E-state index is 13.4. The lowest BCUT2D eigenvalue weighted by Crippen LogP contribution is -2.10. The Bertz CT molecular complexity index is 6570. The summed E-state index contributed by atoms with van der Waals surface area (Å²) in [5, 5.41) is 20.1. The fraction of sp³-hybridized carbons (Fsp3) is 0.180. The van der Waals surface area contributed by atoms with Crippen LogP contribution in [-0.4, -0.2) is 87.9 Å². The third-order valence-corrected chi connectivity index (χ3v) is 19.9. The van der Waals surface area contributed by atoms with Crippen LogP contribution in [0.25, 0.3) is 136 Å². The summed E-state index contributed by atoms with van der Waals surface area (Å²) >= 11 is 0. The zero-order valence-electron chi connectivity index (χ0n) is 70.6. The fourth-order valence-corrected chi connectivity index (χ4v) is 13.5. The molecule has 27 heteroatoms. The number of ether oxygens (including phenoxy) is 4. The Morgan fingerprint density at radius 2 is 0.638 bits per heavy atom. The van der Waals surface area contributed by atoms with E-state index in [9.17, 15) is 31.1 Å². The molecule has 127 heavy (non-hydrogen) atoms. The van der Waals surface area contributed by atoms with Gasteiger partial charge < -0.3 is 41.6 Å². The third-order valence-electron chi connectivity index (χ3n) is 19.9. The van der Waals surface area contributed by atoms with Gasteiger partial charge in [-0.3, -0.25) is 9.78 Å². The summed E-state index contributed by atoms with van der Waals surface area (Å²) in [5.74, 6) is 6.76. The van der Waals surface area contributed by atoms with Crippen LogP contribution in [0.5, 0.6) is 23.0 Å². The van der Waals surface area contributed by atoms with Gasteiger partial charge in [0, 0.05) is 80.9 Å². The van der Waals surface area contributed by atoms with Crippen molar-refractivity contribution in [3.05, 3.63) is 318 Å². The molecule has 0 unspecified atom stereocenters. The zero-order chi connectivity index (χ0) is 89.2. The van der Waals surface area contributed by atoms with Crippen molar-refractivity contribution in [1.29, 1.82) is 0 Å². The number of carbonyl (C=O) groups is 1. The Morgan fingerprint density at radius 1 is 0.299 bits per heavy atom. The van der Waals surface area contributed by atoms with Gasteiger partial charge in [-0.15, -0.1) is 0 Å². The predicted octanol–water partition coefficient (Wildman–Crippen LogP) is 25.0. The molecule has 0 fully saturated rings. The summed E-state index contributed by atoms with van der Waals surface area (Å²) < 4.78 is 130. The Hall–Kier alpha value is -15.3. The van der Waals surface area contributed by atoms with Gasteiger partial charge in [0.1, 0.15) is 5.78 Å². The Balaban J connectivity index is 0.000000129. The molecule has 11 aromatic carbocycles. The molecule has 0 saturated carbocycles. The first-order chi connectivity index (χ1) is 61.4. The molecule has 21 nitrogen and oxygen atoms in total. The lowest BCUT2D eigenvalue weighted by molar-refractivity contribution is -0.138. The van der Waals surface area contributed by atoms with Crippen molar-refractivity contribution in [2.75, 3.05) is 26.4 Å². The molecular formula is C100H85F6N11O10. The summed E-state index contributed by atoms with van der Waals surface area (Å²) in [6.45, 7) is 20.4. The number of rotatable bonds is 20. The monoisotopic (exact) mass is 1710 g/mol. The number of fused-ring (bicyclic) bond motifs is 1. The maximum absolute atomic E-state index is 13.4. The van der Waals surface area contributed by atoms with Crippen LogP contribution in [0.3, 0.4) is 0 Å². The first-order valence-corrected chi connectivity index (χ1v) is 40.7. The van der Waals surface area contributed by atoms with Crippen LogP contribution >= 0.6 is 0 Å². The highest BCUT2D eigenvalue weighted by atomic mass is 19.4. The topological polar surface area (TPSA) is 261 Å². The zero-order valence-corrected chi connectivity index (χ0v) is 70.6. The first-order valence-electron chi connectivity index (χ1n) is 40.7. The van der Waals surface area contributed by atoms with E-state index in [4.69, 9.17) is 41.6 Å². The minimum atomic E-state index is -4.49. The largest absolute Gasteiger partial charge is 0.490 e. The van der Waals surface area contributed by atoms with Gasteiger partial charge in [-0.05, 0) is 200 Å². The summed E-state index contributed by atoms with van der Waals surface area (Å²) in [6, 6.07) is 78.8. The molecule has 0 saturated heterocycles. The lowest BCUT2D eigenvalue weighted by atomic mass is 9.86. The molecule has 0 amide bonds. The summed E-state index contributed by atoms with van der Waals surface area (Å²) in [7, 11) is 0. The second-order valence-electron chi connectivity index (χ2n) is 29.9. The van der Waals surface area contributed by atoms with Crippen molar-refractivity contribution in [3.8, 4) is 159 Å². The Kier molecular flexibility index (Phi) is 27.7. The number of hydrogen-bond donors (Lipinski definition) is 0. The SMILES string of the molecule is CC(C)(C)c1cccc(-c2nc(-c3ccncc3)no2)c1.CCOc1ccc(-c2nc(-c3ccc4c(c3)CC(=O)C4)no2)cc1OCC.CCOc1ccc(-c2nc(-c3ccccc3C)no2)cc1OCC.Cc1ccccc1-c1noc(-c2cc(-c3ccccc3)cc(C(F)(F)F)c2)n1.FC(F)(F)c1cc(-c2ccccc2)cc(-c2nc(-c3ccccc3)no2)c1. The molecule has 17 aromatic rings. The number of carbonyl (C=O) groups excluding carboxylic acids is 1. The Labute approximate surface area is 727 Å². The number of benzene rings is 11. The second-order valence-corrected chi connectivity index (χ2v) is 29.9. The normalized spacial score (nSPS) is 11.7. The summed E-state index contributed by atoms with van der Waals surface area (Å²) in [6.07, 6.45) is -4.55. The van der Waals surface area contributed by atoms with Gasteiger partial charge in [0.05, 0.1) is 37.6 Å². The van der Waals surface area contributed by atoms with E-state index in [0.29, 0.717) is 131 Å². The van der Waals surface area contributed by atoms with E-state index in [2.05, 4.69) is 88.6 Å². The number of aryl methyl sites for hydroxylation is 2. The Morgan fingerprint density at radius 3 is 1.06 bits per heavy atom. The van der Waals surface area contributed by atoms with Gasteiger partial charge in [-0.1, -0.05) is 210 Å².